The van der Waals surface area contributed by atoms with Crippen molar-refractivity contribution in [2.24, 2.45) is 0 Å². The van der Waals surface area contributed by atoms with Crippen LogP contribution in [0, 0.1) is 20.8 Å². The molecule has 3 aromatic heterocycles. The Kier molecular flexibility index (Phi) is 26.3. The Morgan fingerprint density at radius 1 is 0.348 bits per heavy atom. The van der Waals surface area contributed by atoms with Gasteiger partial charge >= 0.3 is 0 Å². The van der Waals surface area contributed by atoms with Gasteiger partial charge in [-0.05, 0) is 82.5 Å². The van der Waals surface area contributed by atoms with E-state index in [-0.39, 0.29) is 12.3 Å². The molecule has 0 spiro atoms. The van der Waals surface area contributed by atoms with Crippen molar-refractivity contribution < 1.29 is 0 Å². The van der Waals surface area contributed by atoms with Crippen LogP contribution in [-0.4, -0.2) is 64.6 Å². The Bertz CT molecular complexity index is 2000. The topological polar surface area (TPSA) is 83.9 Å². The maximum atomic E-state index is 4.48. The second-order valence-electron chi connectivity index (χ2n) is 14.0. The minimum Gasteiger partial charge on any atom is -0.352 e. The number of anilines is 9. The molecular formula is C55H85N11. The zero-order valence-corrected chi connectivity index (χ0v) is 44.6. The van der Waals surface area contributed by atoms with E-state index in [4.69, 9.17) is 0 Å². The van der Waals surface area contributed by atoms with Gasteiger partial charge < -0.3 is 29.4 Å². The molecule has 0 unspecified atom stereocenters. The van der Waals surface area contributed by atoms with E-state index in [9.17, 15) is 0 Å². The molecule has 6 heterocycles. The molecule has 0 saturated heterocycles. The van der Waals surface area contributed by atoms with Gasteiger partial charge in [-0.2, -0.15) is 0 Å². The maximum Gasteiger partial charge on any atom is 0.178 e. The third kappa shape index (κ3) is 13.0. The van der Waals surface area contributed by atoms with E-state index < -0.39 is 0 Å². The molecule has 0 radical (unpaired) electrons. The summed E-state index contributed by atoms with van der Waals surface area (Å²) in [7, 11) is 6.25. The Labute approximate surface area is 401 Å². The van der Waals surface area contributed by atoms with Gasteiger partial charge in [0.05, 0.1) is 23.8 Å². The third-order valence-electron chi connectivity index (χ3n) is 10.8. The molecule has 66 heavy (non-hydrogen) atoms. The van der Waals surface area contributed by atoms with Gasteiger partial charge in [-0.15, -0.1) is 0 Å². The first-order valence-corrected chi connectivity index (χ1v) is 24.4. The van der Waals surface area contributed by atoms with Gasteiger partial charge in [-0.25, -0.2) is 19.9 Å². The summed E-state index contributed by atoms with van der Waals surface area (Å²) in [4.78, 5) is 35.2. The van der Waals surface area contributed by atoms with Crippen molar-refractivity contribution in [2.45, 2.75) is 143 Å². The minimum absolute atomic E-state index is 0.225. The molecule has 0 saturated carbocycles. The first kappa shape index (κ1) is 57.8. The molecule has 0 fully saturated rings. The molecule has 360 valence electrons. The Balaban J connectivity index is 0.000000443. The molecule has 9 rings (SSSR count). The molecule has 0 bridgehead atoms. The number of aryl methyl sites for hydroxylation is 3. The predicted octanol–water partition coefficient (Wildman–Crippen LogP) is 14.9. The fourth-order valence-corrected chi connectivity index (χ4v) is 7.47. The fraction of sp³-hybridized carbons (Fsp3) is 0.436. The fourth-order valence-electron chi connectivity index (χ4n) is 7.47. The summed E-state index contributed by atoms with van der Waals surface area (Å²) in [5, 5.41) is 0. The van der Waals surface area contributed by atoms with Crippen LogP contribution in [-0.2, 0) is 0 Å². The lowest BCUT2D eigenvalue weighted by molar-refractivity contribution is 0.726. The number of benzene rings is 3. The number of hydrogen-bond donors (Lipinski definition) is 0. The smallest absolute Gasteiger partial charge is 0.178 e. The van der Waals surface area contributed by atoms with Gasteiger partial charge in [0.15, 0.2) is 17.5 Å². The van der Waals surface area contributed by atoms with Crippen molar-refractivity contribution >= 4 is 51.6 Å². The quantitative estimate of drug-likeness (QED) is 0.170. The highest BCUT2D eigenvalue weighted by Gasteiger charge is 2.35. The highest BCUT2D eigenvalue weighted by molar-refractivity contribution is 5.84. The van der Waals surface area contributed by atoms with Crippen LogP contribution in [0.2, 0.25) is 0 Å². The second kappa shape index (κ2) is 30.1. The lowest BCUT2D eigenvalue weighted by atomic mass is 10.1. The predicted molar refractivity (Wildman–Crippen MR) is 290 cm³/mol. The van der Waals surface area contributed by atoms with Crippen LogP contribution in [0.1, 0.15) is 121 Å². The normalized spacial score (nSPS) is 15.3. The zero-order valence-electron chi connectivity index (χ0n) is 44.6. The van der Waals surface area contributed by atoms with E-state index in [0.717, 1.165) is 23.1 Å². The van der Waals surface area contributed by atoms with Crippen LogP contribution in [0.4, 0.5) is 51.6 Å². The molecule has 11 nitrogen and oxygen atoms in total. The van der Waals surface area contributed by atoms with Gasteiger partial charge in [0.1, 0.15) is 30.5 Å². The summed E-state index contributed by atoms with van der Waals surface area (Å²) in [6.45, 7) is 36.9. The molecule has 0 N–H and O–H groups in total. The van der Waals surface area contributed by atoms with E-state index >= 15 is 0 Å². The summed E-state index contributed by atoms with van der Waals surface area (Å²) in [5.74, 6) is 2.85. The van der Waals surface area contributed by atoms with Gasteiger partial charge in [0.2, 0.25) is 0 Å². The Morgan fingerprint density at radius 3 is 1.21 bits per heavy atom. The number of nitrogens with zero attached hydrogens (tertiary/aromatic N) is 11. The minimum atomic E-state index is 0.225. The lowest BCUT2D eigenvalue weighted by Gasteiger charge is -2.28. The number of pyridine rings is 1. The Hall–Kier alpha value is -6.23. The monoisotopic (exact) mass is 900 g/mol. The van der Waals surface area contributed by atoms with Crippen molar-refractivity contribution in [3.05, 3.63) is 133 Å². The standard InChI is InChI=1S/C15H17N3.2C14H16N4.6C2H6/c1-11-6-4-5-7-13(11)18-12(2)17(3)14-8-9-16-10-15(14)18;1-10-6-4-5-7-12(10)18-11(2)17(3)13-8-15-9-16-14(13)18;1-10-6-4-5-7-12(10)18-11(2)17(3)13-14(18)16-9-8-15-13;6*1-2/h4-10,12H,1-3H3;2*4-9,11H,1-3H3;6*1-2H3/t12-;2*11-;;;;;;/m000....../s1. The van der Waals surface area contributed by atoms with Crippen molar-refractivity contribution in [2.75, 3.05) is 50.5 Å². The molecule has 0 aliphatic carbocycles. The first-order chi connectivity index (χ1) is 32.1. The van der Waals surface area contributed by atoms with Gasteiger partial charge in [-0.1, -0.05) is 138 Å². The maximum absolute atomic E-state index is 4.48. The lowest BCUT2D eigenvalue weighted by Crippen LogP contribution is -2.36. The largest absolute Gasteiger partial charge is 0.352 e. The Morgan fingerprint density at radius 2 is 0.727 bits per heavy atom. The molecule has 3 aliphatic rings. The summed E-state index contributed by atoms with van der Waals surface area (Å²) in [6, 6.07) is 27.3. The molecule has 0 amide bonds. The molecule has 11 heteroatoms. The average Bonchev–Trinajstić information content (AvgIpc) is 3.91. The first-order valence-electron chi connectivity index (χ1n) is 24.4. The molecule has 3 aromatic carbocycles. The van der Waals surface area contributed by atoms with Crippen LogP contribution in [0.5, 0.6) is 0 Å². The SMILES string of the molecule is CC.CC.CC.CC.CC.CC.Cc1ccccc1N1c2cnccc2N(C)[C@@H]1C.Cc1ccccc1N1c2nccnc2N(C)[C@@H]1C.Cc1ccccc1N1c2ncncc2N(C)[C@@H]1C. The van der Waals surface area contributed by atoms with Crippen LogP contribution in [0.15, 0.2) is 116 Å². The number of fused-ring (bicyclic) bond motifs is 3. The van der Waals surface area contributed by atoms with Crippen LogP contribution >= 0.6 is 0 Å². The number of hydrogen-bond acceptors (Lipinski definition) is 11. The van der Waals surface area contributed by atoms with Crippen molar-refractivity contribution in [3.63, 3.8) is 0 Å². The molecule has 6 aromatic rings. The van der Waals surface area contributed by atoms with E-state index in [0.29, 0.717) is 6.17 Å². The van der Waals surface area contributed by atoms with Gasteiger partial charge in [0, 0.05) is 56.8 Å². The van der Waals surface area contributed by atoms with Crippen molar-refractivity contribution in [1.29, 1.82) is 0 Å². The van der Waals surface area contributed by atoms with Crippen molar-refractivity contribution in [1.82, 2.24) is 24.9 Å². The highest BCUT2D eigenvalue weighted by atomic mass is 15.5. The van der Waals surface area contributed by atoms with Gasteiger partial charge in [0.25, 0.3) is 0 Å². The second-order valence-corrected chi connectivity index (χ2v) is 14.0. The summed E-state index contributed by atoms with van der Waals surface area (Å²) >= 11 is 0. The number of para-hydroxylation sites is 3. The van der Waals surface area contributed by atoms with Crippen LogP contribution in [0.3, 0.4) is 0 Å². The molecular weight excluding hydrogens is 815 g/mol. The summed E-state index contributed by atoms with van der Waals surface area (Å²) < 4.78 is 0. The average molecular weight is 900 g/mol. The van der Waals surface area contributed by atoms with E-state index in [1.807, 2.05) is 102 Å². The van der Waals surface area contributed by atoms with E-state index in [2.05, 4.69) is 196 Å². The molecule has 3 aliphatic heterocycles. The third-order valence-corrected chi connectivity index (χ3v) is 10.8. The number of rotatable bonds is 3. The summed E-state index contributed by atoms with van der Waals surface area (Å²) in [6.07, 6.45) is 11.5. The summed E-state index contributed by atoms with van der Waals surface area (Å²) in [5.41, 5.74) is 10.9. The highest BCUT2D eigenvalue weighted by Crippen LogP contribution is 2.44. The number of aromatic nitrogens is 5. The van der Waals surface area contributed by atoms with Gasteiger partial charge in [-0.3, -0.25) is 4.98 Å². The van der Waals surface area contributed by atoms with E-state index in [1.54, 1.807) is 18.7 Å². The van der Waals surface area contributed by atoms with Crippen molar-refractivity contribution in [3.8, 4) is 0 Å². The van der Waals surface area contributed by atoms with Crippen LogP contribution < -0.4 is 29.4 Å². The zero-order chi connectivity index (χ0) is 50.1. The van der Waals surface area contributed by atoms with E-state index in [1.165, 1.54) is 45.1 Å². The van der Waals surface area contributed by atoms with Crippen LogP contribution in [0.25, 0.3) is 0 Å². The molecule has 3 atom stereocenters.